The number of hydrogen-bond acceptors (Lipinski definition) is 5. The molecule has 1 aromatic carbocycles. The van der Waals surface area contributed by atoms with Crippen LogP contribution < -0.4 is 11.1 Å². The third-order valence-corrected chi connectivity index (χ3v) is 3.44. The van der Waals surface area contributed by atoms with Crippen molar-refractivity contribution in [2.24, 2.45) is 0 Å². The highest BCUT2D eigenvalue weighted by Gasteiger charge is 2.02. The van der Waals surface area contributed by atoms with E-state index >= 15 is 0 Å². The van der Waals surface area contributed by atoms with E-state index in [1.54, 1.807) is 6.20 Å². The van der Waals surface area contributed by atoms with Crippen molar-refractivity contribution in [2.45, 2.75) is 6.92 Å². The molecule has 0 unspecified atom stereocenters. The summed E-state index contributed by atoms with van der Waals surface area (Å²) >= 11 is 1.49. The number of thiazole rings is 1. The summed E-state index contributed by atoms with van der Waals surface area (Å²) in [7, 11) is 0. The van der Waals surface area contributed by atoms with Crippen LogP contribution in [0.1, 0.15) is 5.56 Å². The van der Waals surface area contributed by atoms with Gasteiger partial charge in [-0.2, -0.15) is 0 Å². The summed E-state index contributed by atoms with van der Waals surface area (Å²) in [6, 6.07) is 9.95. The van der Waals surface area contributed by atoms with Gasteiger partial charge in [-0.3, -0.25) is 0 Å². The minimum Gasteiger partial charge on any atom is -0.375 e. The molecule has 0 bridgehead atoms. The average molecular weight is 256 g/mol. The molecule has 0 aliphatic rings. The molecule has 3 N–H and O–H groups in total. The minimum absolute atomic E-state index is 0.593. The summed E-state index contributed by atoms with van der Waals surface area (Å²) in [4.78, 5) is 8.50. The molecule has 0 saturated carbocycles. The maximum atomic E-state index is 5.69. The van der Waals surface area contributed by atoms with Crippen LogP contribution in [0.5, 0.6) is 0 Å². The van der Waals surface area contributed by atoms with Crippen molar-refractivity contribution in [3.8, 4) is 0 Å². The summed E-state index contributed by atoms with van der Waals surface area (Å²) in [5, 5.41) is 3.87. The number of fused-ring (bicyclic) bond motifs is 1. The van der Waals surface area contributed by atoms with Crippen molar-refractivity contribution in [2.75, 3.05) is 11.1 Å². The van der Waals surface area contributed by atoms with Crippen LogP contribution in [-0.4, -0.2) is 9.97 Å². The number of nitrogens with one attached hydrogen (secondary N) is 1. The Morgan fingerprint density at radius 2 is 2.11 bits per heavy atom. The van der Waals surface area contributed by atoms with Crippen LogP contribution >= 0.6 is 11.3 Å². The van der Waals surface area contributed by atoms with Gasteiger partial charge in [0, 0.05) is 11.9 Å². The fraction of sp³-hybridized carbons (Fsp3) is 0.0769. The van der Waals surface area contributed by atoms with Crippen LogP contribution in [0.25, 0.3) is 10.2 Å². The molecule has 0 spiro atoms. The topological polar surface area (TPSA) is 63.8 Å². The minimum atomic E-state index is 0.593. The van der Waals surface area contributed by atoms with Crippen molar-refractivity contribution in [1.29, 1.82) is 0 Å². The van der Waals surface area contributed by atoms with Gasteiger partial charge < -0.3 is 11.1 Å². The Hall–Kier alpha value is -2.14. The Balaban J connectivity index is 1.94. The second kappa shape index (κ2) is 4.27. The van der Waals surface area contributed by atoms with Crippen molar-refractivity contribution < 1.29 is 0 Å². The summed E-state index contributed by atoms with van der Waals surface area (Å²) in [6.45, 7) is 2.04. The van der Waals surface area contributed by atoms with Gasteiger partial charge in [0.1, 0.15) is 5.82 Å². The molecule has 0 aliphatic carbocycles. The molecule has 0 saturated heterocycles. The van der Waals surface area contributed by atoms with Crippen LogP contribution in [0.4, 0.5) is 16.6 Å². The van der Waals surface area contributed by atoms with E-state index in [1.165, 1.54) is 16.9 Å². The lowest BCUT2D eigenvalue weighted by atomic mass is 10.2. The summed E-state index contributed by atoms with van der Waals surface area (Å²) in [5.41, 5.74) is 8.79. The zero-order valence-electron chi connectivity index (χ0n) is 9.84. The number of nitrogens with two attached hydrogens (primary N) is 1. The zero-order valence-corrected chi connectivity index (χ0v) is 10.7. The summed E-state index contributed by atoms with van der Waals surface area (Å²) in [5.74, 6) is 0.840. The molecule has 5 heteroatoms. The third kappa shape index (κ3) is 2.12. The van der Waals surface area contributed by atoms with Gasteiger partial charge in [-0.05, 0) is 42.8 Å². The first-order valence-corrected chi connectivity index (χ1v) is 6.38. The van der Waals surface area contributed by atoms with Crippen LogP contribution in [0.2, 0.25) is 0 Å². The normalized spacial score (nSPS) is 10.7. The van der Waals surface area contributed by atoms with Crippen LogP contribution in [0.15, 0.2) is 36.5 Å². The molecule has 4 nitrogen and oxygen atoms in total. The number of aromatic nitrogens is 2. The maximum absolute atomic E-state index is 5.69. The van der Waals surface area contributed by atoms with Crippen LogP contribution in [-0.2, 0) is 0 Å². The van der Waals surface area contributed by atoms with E-state index in [9.17, 15) is 0 Å². The highest BCUT2D eigenvalue weighted by molar-refractivity contribution is 7.22. The summed E-state index contributed by atoms with van der Waals surface area (Å²) in [6.07, 6.45) is 1.79. The van der Waals surface area contributed by atoms with Crippen molar-refractivity contribution in [3.05, 3.63) is 42.1 Å². The Bertz CT molecular complexity index is 705. The van der Waals surface area contributed by atoms with E-state index in [0.29, 0.717) is 5.13 Å². The number of hydrogen-bond donors (Lipinski definition) is 2. The molecule has 0 amide bonds. The molecular formula is C13H12N4S. The molecule has 2 heterocycles. The molecule has 90 valence electrons. The first-order valence-electron chi connectivity index (χ1n) is 5.56. The number of pyridine rings is 1. The lowest BCUT2D eigenvalue weighted by Gasteiger charge is -2.05. The fourth-order valence-electron chi connectivity index (χ4n) is 1.77. The maximum Gasteiger partial charge on any atom is 0.181 e. The Morgan fingerprint density at radius 3 is 2.94 bits per heavy atom. The van der Waals surface area contributed by atoms with E-state index in [0.717, 1.165) is 21.7 Å². The van der Waals surface area contributed by atoms with Gasteiger partial charge >= 0.3 is 0 Å². The molecule has 0 fully saturated rings. The van der Waals surface area contributed by atoms with Crippen molar-refractivity contribution >= 4 is 38.2 Å². The zero-order chi connectivity index (χ0) is 12.5. The van der Waals surface area contributed by atoms with Gasteiger partial charge in [0.2, 0.25) is 0 Å². The predicted octanol–water partition coefficient (Wildman–Crippen LogP) is 3.33. The molecule has 2 aromatic heterocycles. The van der Waals surface area contributed by atoms with E-state index < -0.39 is 0 Å². The van der Waals surface area contributed by atoms with Gasteiger partial charge in [0.05, 0.1) is 10.2 Å². The van der Waals surface area contributed by atoms with Crippen LogP contribution in [0, 0.1) is 6.92 Å². The van der Waals surface area contributed by atoms with E-state index in [2.05, 4.69) is 15.3 Å². The van der Waals surface area contributed by atoms with Crippen molar-refractivity contribution in [1.82, 2.24) is 9.97 Å². The highest BCUT2D eigenvalue weighted by Crippen LogP contribution is 2.27. The second-order valence-electron chi connectivity index (χ2n) is 4.08. The molecule has 0 radical (unpaired) electrons. The van der Waals surface area contributed by atoms with E-state index in [-0.39, 0.29) is 0 Å². The number of benzene rings is 1. The largest absolute Gasteiger partial charge is 0.375 e. The Kier molecular flexibility index (Phi) is 2.60. The Labute approximate surface area is 109 Å². The second-order valence-corrected chi connectivity index (χ2v) is 5.14. The van der Waals surface area contributed by atoms with E-state index in [1.807, 2.05) is 37.3 Å². The Morgan fingerprint density at radius 1 is 1.22 bits per heavy atom. The molecule has 0 aliphatic heterocycles. The highest BCUT2D eigenvalue weighted by atomic mass is 32.1. The number of aryl methyl sites for hydroxylation is 1. The lowest BCUT2D eigenvalue weighted by Crippen LogP contribution is -1.93. The smallest absolute Gasteiger partial charge is 0.181 e. The van der Waals surface area contributed by atoms with Crippen LogP contribution in [0.3, 0.4) is 0 Å². The van der Waals surface area contributed by atoms with Gasteiger partial charge in [0.15, 0.2) is 5.13 Å². The van der Waals surface area contributed by atoms with Gasteiger partial charge in [-0.15, -0.1) is 0 Å². The quantitative estimate of drug-likeness (QED) is 0.738. The van der Waals surface area contributed by atoms with Crippen molar-refractivity contribution in [3.63, 3.8) is 0 Å². The number of rotatable bonds is 2. The molecule has 18 heavy (non-hydrogen) atoms. The SMILES string of the molecule is Cc1ccnc(Nc2ccc3nc(N)sc3c2)c1. The van der Waals surface area contributed by atoms with Gasteiger partial charge in [-0.25, -0.2) is 9.97 Å². The first kappa shape index (κ1) is 11.0. The standard InChI is InChI=1S/C13H12N4S/c1-8-4-5-15-12(6-8)16-9-2-3-10-11(7-9)18-13(14)17-10/h2-7H,1H3,(H2,14,17)(H,15,16). The third-order valence-electron chi connectivity index (χ3n) is 2.59. The van der Waals surface area contributed by atoms with E-state index in [4.69, 9.17) is 5.73 Å². The molecule has 3 rings (SSSR count). The average Bonchev–Trinajstić information content (AvgIpc) is 2.68. The number of anilines is 3. The number of nitrogen functional groups attached to an aromatic ring is 1. The fourth-order valence-corrected chi connectivity index (χ4v) is 2.55. The lowest BCUT2D eigenvalue weighted by molar-refractivity contribution is 1.27. The molecular weight excluding hydrogens is 244 g/mol. The predicted molar refractivity (Wildman–Crippen MR) is 76.3 cm³/mol. The van der Waals surface area contributed by atoms with Gasteiger partial charge in [0.25, 0.3) is 0 Å². The number of nitrogens with zero attached hydrogens (tertiary/aromatic N) is 2. The molecule has 3 aromatic rings. The van der Waals surface area contributed by atoms with Gasteiger partial charge in [-0.1, -0.05) is 11.3 Å². The summed E-state index contributed by atoms with van der Waals surface area (Å²) < 4.78 is 1.07. The molecule has 0 atom stereocenters. The monoisotopic (exact) mass is 256 g/mol. The first-order chi connectivity index (χ1) is 8.70.